The number of halogens is 1. The lowest BCUT2D eigenvalue weighted by Gasteiger charge is -2.38. The van der Waals surface area contributed by atoms with E-state index < -0.39 is 11.4 Å². The molecule has 0 bridgehead atoms. The highest BCUT2D eigenvalue weighted by Crippen LogP contribution is 2.43. The third-order valence-electron chi connectivity index (χ3n) is 5.38. The molecule has 0 spiro atoms. The zero-order valence-electron chi connectivity index (χ0n) is 13.1. The van der Waals surface area contributed by atoms with Crippen molar-refractivity contribution in [1.82, 2.24) is 4.90 Å². The van der Waals surface area contributed by atoms with Crippen molar-refractivity contribution in [1.29, 1.82) is 0 Å². The van der Waals surface area contributed by atoms with Crippen molar-refractivity contribution in [2.24, 2.45) is 5.92 Å². The van der Waals surface area contributed by atoms with Gasteiger partial charge >= 0.3 is 5.97 Å². The molecular formula is C18H22FNO3. The summed E-state index contributed by atoms with van der Waals surface area (Å²) in [6.07, 6.45) is 4.42. The zero-order valence-corrected chi connectivity index (χ0v) is 13.1. The van der Waals surface area contributed by atoms with E-state index in [-0.39, 0.29) is 17.6 Å². The zero-order chi connectivity index (χ0) is 16.4. The Bertz CT molecular complexity index is 602. The van der Waals surface area contributed by atoms with Crippen LogP contribution in [0.1, 0.15) is 44.1 Å². The smallest absolute Gasteiger partial charge is 0.306 e. The summed E-state index contributed by atoms with van der Waals surface area (Å²) in [6.45, 7) is 0.958. The maximum absolute atomic E-state index is 13.6. The van der Waals surface area contributed by atoms with Gasteiger partial charge < -0.3 is 10.0 Å². The molecule has 0 unspecified atom stereocenters. The minimum Gasteiger partial charge on any atom is -0.481 e. The van der Waals surface area contributed by atoms with Crippen molar-refractivity contribution in [3.05, 3.63) is 35.6 Å². The average molecular weight is 319 g/mol. The first-order chi connectivity index (χ1) is 11.0. The highest BCUT2D eigenvalue weighted by Gasteiger charge is 2.45. The van der Waals surface area contributed by atoms with Crippen LogP contribution in [0.15, 0.2) is 24.3 Å². The number of carboxylic acid groups (broad SMARTS) is 1. The second kappa shape index (κ2) is 6.30. The Morgan fingerprint density at radius 1 is 1.17 bits per heavy atom. The van der Waals surface area contributed by atoms with Gasteiger partial charge in [0.05, 0.1) is 11.3 Å². The van der Waals surface area contributed by atoms with Crippen molar-refractivity contribution in [3.8, 4) is 0 Å². The van der Waals surface area contributed by atoms with Crippen LogP contribution in [0, 0.1) is 11.7 Å². The number of benzene rings is 1. The molecule has 4 nitrogen and oxygen atoms in total. The van der Waals surface area contributed by atoms with Crippen LogP contribution < -0.4 is 0 Å². The van der Waals surface area contributed by atoms with Crippen LogP contribution in [0.25, 0.3) is 0 Å². The van der Waals surface area contributed by atoms with Gasteiger partial charge in [0.25, 0.3) is 0 Å². The van der Waals surface area contributed by atoms with Crippen molar-refractivity contribution in [3.63, 3.8) is 0 Å². The normalized spacial score (nSPS) is 21.3. The molecule has 1 saturated carbocycles. The van der Waals surface area contributed by atoms with Crippen LogP contribution in [0.4, 0.5) is 4.39 Å². The van der Waals surface area contributed by atoms with Gasteiger partial charge in [-0.15, -0.1) is 0 Å². The molecule has 1 N–H and O–H groups in total. The van der Waals surface area contributed by atoms with E-state index in [4.69, 9.17) is 5.11 Å². The Morgan fingerprint density at radius 2 is 1.83 bits per heavy atom. The van der Waals surface area contributed by atoms with Gasteiger partial charge in [-0.3, -0.25) is 9.59 Å². The Labute approximate surface area is 135 Å². The molecule has 1 aliphatic heterocycles. The Balaban J connectivity index is 1.82. The van der Waals surface area contributed by atoms with Crippen LogP contribution >= 0.6 is 0 Å². The molecule has 124 valence electrons. The van der Waals surface area contributed by atoms with E-state index in [0.29, 0.717) is 25.9 Å². The summed E-state index contributed by atoms with van der Waals surface area (Å²) < 4.78 is 13.6. The number of piperidine rings is 1. The van der Waals surface area contributed by atoms with Gasteiger partial charge in [0.2, 0.25) is 5.91 Å². The molecule has 5 heteroatoms. The maximum atomic E-state index is 13.6. The fourth-order valence-corrected chi connectivity index (χ4v) is 4.02. The van der Waals surface area contributed by atoms with Gasteiger partial charge in [0.15, 0.2) is 0 Å². The molecule has 1 saturated heterocycles. The van der Waals surface area contributed by atoms with Gasteiger partial charge in [0, 0.05) is 13.1 Å². The first-order valence-electron chi connectivity index (χ1n) is 8.31. The minimum atomic E-state index is -0.780. The van der Waals surface area contributed by atoms with Crippen molar-refractivity contribution >= 4 is 11.9 Å². The van der Waals surface area contributed by atoms with Crippen LogP contribution in [0.5, 0.6) is 0 Å². The topological polar surface area (TPSA) is 57.6 Å². The van der Waals surface area contributed by atoms with Gasteiger partial charge in [-0.2, -0.15) is 0 Å². The number of aliphatic carboxylic acids is 1. The number of carboxylic acids is 1. The molecule has 1 heterocycles. The molecule has 2 fully saturated rings. The van der Waals surface area contributed by atoms with E-state index in [0.717, 1.165) is 31.2 Å². The SMILES string of the molecule is O=C(O)C1CCN(C(=O)C2(c3cccc(F)c3)CCCC2)CC1. The second-order valence-corrected chi connectivity index (χ2v) is 6.70. The van der Waals surface area contributed by atoms with E-state index in [1.54, 1.807) is 11.0 Å². The summed E-state index contributed by atoms with van der Waals surface area (Å²) in [6, 6.07) is 6.38. The molecule has 2 aliphatic rings. The summed E-state index contributed by atoms with van der Waals surface area (Å²) in [5.41, 5.74) is 0.137. The van der Waals surface area contributed by atoms with Gasteiger partial charge in [-0.05, 0) is 43.4 Å². The summed E-state index contributed by atoms with van der Waals surface area (Å²) in [7, 11) is 0. The summed E-state index contributed by atoms with van der Waals surface area (Å²) in [4.78, 5) is 26.0. The van der Waals surface area contributed by atoms with Crippen LogP contribution in [0.3, 0.4) is 0 Å². The number of hydrogen-bond acceptors (Lipinski definition) is 2. The van der Waals surface area contributed by atoms with E-state index in [1.165, 1.54) is 12.1 Å². The highest BCUT2D eigenvalue weighted by molar-refractivity contribution is 5.89. The summed E-state index contributed by atoms with van der Waals surface area (Å²) >= 11 is 0. The lowest BCUT2D eigenvalue weighted by Crippen LogP contribution is -2.49. The fourth-order valence-electron chi connectivity index (χ4n) is 4.02. The third-order valence-corrected chi connectivity index (χ3v) is 5.38. The van der Waals surface area contributed by atoms with Crippen molar-refractivity contribution in [2.45, 2.75) is 43.9 Å². The Morgan fingerprint density at radius 3 is 2.39 bits per heavy atom. The third kappa shape index (κ3) is 2.96. The lowest BCUT2D eigenvalue weighted by molar-refractivity contribution is -0.147. The molecule has 3 rings (SSSR count). The van der Waals surface area contributed by atoms with E-state index in [1.807, 2.05) is 6.07 Å². The van der Waals surface area contributed by atoms with Gasteiger partial charge in [-0.25, -0.2) is 4.39 Å². The molecule has 1 aromatic carbocycles. The number of carbonyl (C=O) groups is 2. The summed E-state index contributed by atoms with van der Waals surface area (Å²) in [5.74, 6) is -1.40. The lowest BCUT2D eigenvalue weighted by atomic mass is 9.77. The quantitative estimate of drug-likeness (QED) is 0.932. The van der Waals surface area contributed by atoms with Crippen LogP contribution in [-0.4, -0.2) is 35.0 Å². The number of rotatable bonds is 3. The van der Waals surface area contributed by atoms with E-state index in [9.17, 15) is 14.0 Å². The molecule has 1 aromatic rings. The molecule has 0 aromatic heterocycles. The molecule has 1 aliphatic carbocycles. The van der Waals surface area contributed by atoms with Crippen LogP contribution in [-0.2, 0) is 15.0 Å². The first kappa shape index (κ1) is 16.0. The van der Waals surface area contributed by atoms with Crippen LogP contribution in [0.2, 0.25) is 0 Å². The number of nitrogens with zero attached hydrogens (tertiary/aromatic N) is 1. The molecular weight excluding hydrogens is 297 g/mol. The molecule has 0 atom stereocenters. The second-order valence-electron chi connectivity index (χ2n) is 6.70. The predicted molar refractivity (Wildman–Crippen MR) is 83.5 cm³/mol. The Hall–Kier alpha value is -1.91. The van der Waals surface area contributed by atoms with Crippen molar-refractivity contribution < 1.29 is 19.1 Å². The van der Waals surface area contributed by atoms with Crippen molar-refractivity contribution in [2.75, 3.05) is 13.1 Å². The minimum absolute atomic E-state index is 0.0458. The highest BCUT2D eigenvalue weighted by atomic mass is 19.1. The average Bonchev–Trinajstić information content (AvgIpc) is 3.05. The number of carbonyl (C=O) groups excluding carboxylic acids is 1. The maximum Gasteiger partial charge on any atom is 0.306 e. The van der Waals surface area contributed by atoms with Gasteiger partial charge in [-0.1, -0.05) is 25.0 Å². The first-order valence-corrected chi connectivity index (χ1v) is 8.31. The predicted octanol–water partition coefficient (Wildman–Crippen LogP) is 2.96. The molecule has 23 heavy (non-hydrogen) atoms. The Kier molecular flexibility index (Phi) is 4.37. The van der Waals surface area contributed by atoms with E-state index in [2.05, 4.69) is 0 Å². The number of amides is 1. The van der Waals surface area contributed by atoms with Gasteiger partial charge in [0.1, 0.15) is 5.82 Å². The monoisotopic (exact) mass is 319 g/mol. The standard InChI is InChI=1S/C18H22FNO3/c19-15-5-3-4-14(12-15)18(8-1-2-9-18)17(23)20-10-6-13(7-11-20)16(21)22/h3-5,12-13H,1-2,6-11H2,(H,21,22). The number of likely N-dealkylation sites (tertiary alicyclic amines) is 1. The molecule has 1 amide bonds. The van der Waals surface area contributed by atoms with E-state index >= 15 is 0 Å². The largest absolute Gasteiger partial charge is 0.481 e. The number of hydrogen-bond donors (Lipinski definition) is 1. The molecule has 0 radical (unpaired) electrons. The summed E-state index contributed by atoms with van der Waals surface area (Å²) in [5, 5.41) is 9.09. The fraction of sp³-hybridized carbons (Fsp3) is 0.556.